The summed E-state index contributed by atoms with van der Waals surface area (Å²) in [5.41, 5.74) is 4.98. The highest BCUT2D eigenvalue weighted by Gasteiger charge is 1.95. The first-order valence-corrected chi connectivity index (χ1v) is 4.80. The van der Waals surface area contributed by atoms with Crippen LogP contribution < -0.4 is 0 Å². The minimum Gasteiger partial charge on any atom is -0.458 e. The lowest BCUT2D eigenvalue weighted by Crippen LogP contribution is -2.00. The maximum absolute atomic E-state index is 11.2. The van der Waals surface area contributed by atoms with Crippen molar-refractivity contribution in [2.45, 2.75) is 13.8 Å². The van der Waals surface area contributed by atoms with Crippen LogP contribution in [-0.2, 0) is 9.53 Å². The van der Waals surface area contributed by atoms with E-state index in [1.54, 1.807) is 12.2 Å². The van der Waals surface area contributed by atoms with Crippen molar-refractivity contribution in [3.05, 3.63) is 53.3 Å². The molecule has 0 amide bonds. The molecule has 0 spiro atoms. The second kappa shape index (κ2) is 5.84. The Morgan fingerprint density at radius 2 is 2.33 bits per heavy atom. The average molecular weight is 202 g/mol. The van der Waals surface area contributed by atoms with Crippen LogP contribution in [0.1, 0.15) is 13.8 Å². The molecule has 0 N–H and O–H groups in total. The van der Waals surface area contributed by atoms with E-state index >= 15 is 0 Å². The molecule has 0 bridgehead atoms. The third-order valence-electron chi connectivity index (χ3n) is 1.74. The third-order valence-corrected chi connectivity index (χ3v) is 1.74. The van der Waals surface area contributed by atoms with Gasteiger partial charge in [-0.05, 0) is 38.2 Å². The largest absolute Gasteiger partial charge is 0.458 e. The average Bonchev–Trinajstić information content (AvgIpc) is 2.66. The quantitative estimate of drug-likeness (QED) is 0.303. The van der Waals surface area contributed by atoms with Gasteiger partial charge in [-0.1, -0.05) is 11.6 Å². The molecule has 0 saturated carbocycles. The first kappa shape index (κ1) is 11.3. The van der Waals surface area contributed by atoms with Gasteiger partial charge >= 0.3 is 5.97 Å². The standard InChI is InChI=1S/C13H14O2/c1-11(2)9-10-15-13(14)8-7-12-5-3-4-6-12/h3-5,7-9H,10H2,1-2H3/b8-7+. The van der Waals surface area contributed by atoms with Gasteiger partial charge in [0.15, 0.2) is 0 Å². The molecule has 1 aliphatic rings. The highest BCUT2D eigenvalue weighted by molar-refractivity contribution is 5.82. The van der Waals surface area contributed by atoms with E-state index in [2.05, 4.69) is 5.73 Å². The zero-order valence-corrected chi connectivity index (χ0v) is 8.99. The van der Waals surface area contributed by atoms with Gasteiger partial charge in [-0.3, -0.25) is 0 Å². The lowest BCUT2D eigenvalue weighted by molar-refractivity contribution is -0.136. The number of hydrogen-bond donors (Lipinski definition) is 0. The first-order valence-electron chi connectivity index (χ1n) is 4.80. The molecular weight excluding hydrogens is 188 g/mol. The van der Waals surface area contributed by atoms with E-state index in [-0.39, 0.29) is 5.97 Å². The van der Waals surface area contributed by atoms with Gasteiger partial charge in [0.05, 0.1) is 0 Å². The van der Waals surface area contributed by atoms with Crippen molar-refractivity contribution in [3.8, 4) is 0 Å². The number of ether oxygens (including phenoxy) is 1. The van der Waals surface area contributed by atoms with Gasteiger partial charge in [-0.15, -0.1) is 5.73 Å². The fourth-order valence-corrected chi connectivity index (χ4v) is 0.944. The molecule has 0 heterocycles. The van der Waals surface area contributed by atoms with E-state index in [4.69, 9.17) is 4.74 Å². The minimum atomic E-state index is -0.331. The van der Waals surface area contributed by atoms with Gasteiger partial charge < -0.3 is 4.74 Å². The highest BCUT2D eigenvalue weighted by atomic mass is 16.5. The maximum atomic E-state index is 11.2. The molecule has 78 valence electrons. The van der Waals surface area contributed by atoms with E-state index in [1.807, 2.05) is 32.1 Å². The SMILES string of the molecule is CC(C)=CCOC(=O)/C=C/C1=C=CC=C1. The van der Waals surface area contributed by atoms with Crippen LogP contribution in [-0.4, -0.2) is 12.6 Å². The Hall–Kier alpha value is -1.79. The zero-order chi connectivity index (χ0) is 11.1. The van der Waals surface area contributed by atoms with Crippen molar-refractivity contribution in [3.63, 3.8) is 0 Å². The number of hydrogen-bond acceptors (Lipinski definition) is 2. The van der Waals surface area contributed by atoms with Crippen LogP contribution in [0.5, 0.6) is 0 Å². The number of allylic oxidation sites excluding steroid dienone is 5. The predicted octanol–water partition coefficient (Wildman–Crippen LogP) is 2.70. The molecule has 1 aliphatic carbocycles. The van der Waals surface area contributed by atoms with Crippen molar-refractivity contribution < 1.29 is 9.53 Å². The van der Waals surface area contributed by atoms with Crippen LogP contribution >= 0.6 is 0 Å². The molecule has 0 aromatic rings. The number of carbonyl (C=O) groups excluding carboxylic acids is 1. The molecule has 0 radical (unpaired) electrons. The molecule has 0 fully saturated rings. The molecule has 0 aromatic heterocycles. The monoisotopic (exact) mass is 202 g/mol. The summed E-state index contributed by atoms with van der Waals surface area (Å²) in [6.07, 6.45) is 10.5. The molecule has 0 aromatic carbocycles. The van der Waals surface area contributed by atoms with Crippen molar-refractivity contribution in [1.82, 2.24) is 0 Å². The summed E-state index contributed by atoms with van der Waals surface area (Å²) < 4.78 is 4.94. The molecule has 0 saturated heterocycles. The van der Waals surface area contributed by atoms with Crippen LogP contribution in [0.2, 0.25) is 0 Å². The second-order valence-electron chi connectivity index (χ2n) is 3.37. The predicted molar refractivity (Wildman–Crippen MR) is 60.3 cm³/mol. The third kappa shape index (κ3) is 4.84. The first-order chi connectivity index (χ1) is 7.18. The van der Waals surface area contributed by atoms with Gasteiger partial charge in [0, 0.05) is 11.6 Å². The fraction of sp³-hybridized carbons (Fsp3) is 0.231. The molecule has 2 nitrogen and oxygen atoms in total. The summed E-state index contributed by atoms with van der Waals surface area (Å²) in [6.45, 7) is 4.25. The van der Waals surface area contributed by atoms with Crippen molar-refractivity contribution in [1.29, 1.82) is 0 Å². The van der Waals surface area contributed by atoms with E-state index in [0.29, 0.717) is 6.61 Å². The van der Waals surface area contributed by atoms with Crippen molar-refractivity contribution >= 4 is 5.97 Å². The maximum Gasteiger partial charge on any atom is 0.331 e. The molecular formula is C13H14O2. The summed E-state index contributed by atoms with van der Waals surface area (Å²) >= 11 is 0. The Morgan fingerprint density at radius 1 is 1.53 bits per heavy atom. The summed E-state index contributed by atoms with van der Waals surface area (Å²) in [4.78, 5) is 11.2. The van der Waals surface area contributed by atoms with Crippen LogP contribution in [0.25, 0.3) is 0 Å². The Labute approximate surface area is 89.9 Å². The lowest BCUT2D eigenvalue weighted by atomic mass is 10.3. The van der Waals surface area contributed by atoms with E-state index in [0.717, 1.165) is 11.1 Å². The number of esters is 1. The lowest BCUT2D eigenvalue weighted by Gasteiger charge is -1.96. The van der Waals surface area contributed by atoms with Gasteiger partial charge in [0.1, 0.15) is 6.61 Å². The van der Waals surface area contributed by atoms with E-state index in [9.17, 15) is 4.79 Å². The smallest absolute Gasteiger partial charge is 0.331 e. The van der Waals surface area contributed by atoms with Crippen LogP contribution in [0.4, 0.5) is 0 Å². The normalized spacial score (nSPS) is 13.1. The van der Waals surface area contributed by atoms with Crippen molar-refractivity contribution in [2.75, 3.05) is 6.61 Å². The number of rotatable bonds is 4. The Kier molecular flexibility index (Phi) is 4.39. The molecule has 15 heavy (non-hydrogen) atoms. The van der Waals surface area contributed by atoms with E-state index in [1.165, 1.54) is 6.08 Å². The second-order valence-corrected chi connectivity index (χ2v) is 3.37. The van der Waals surface area contributed by atoms with Gasteiger partial charge in [-0.2, -0.15) is 0 Å². The van der Waals surface area contributed by atoms with Crippen LogP contribution in [0.3, 0.4) is 0 Å². The zero-order valence-electron chi connectivity index (χ0n) is 8.99. The Balaban J connectivity index is 2.33. The molecule has 2 heteroatoms. The Morgan fingerprint density at radius 3 is 2.93 bits per heavy atom. The van der Waals surface area contributed by atoms with Gasteiger partial charge in [0.25, 0.3) is 0 Å². The van der Waals surface area contributed by atoms with Crippen LogP contribution in [0, 0.1) is 0 Å². The number of carbonyl (C=O) groups is 1. The van der Waals surface area contributed by atoms with Crippen molar-refractivity contribution in [2.24, 2.45) is 0 Å². The van der Waals surface area contributed by atoms with Crippen LogP contribution in [0.15, 0.2) is 53.3 Å². The fourth-order valence-electron chi connectivity index (χ4n) is 0.944. The highest BCUT2D eigenvalue weighted by Crippen LogP contribution is 2.03. The Bertz CT molecular complexity index is 385. The van der Waals surface area contributed by atoms with Gasteiger partial charge in [0.2, 0.25) is 0 Å². The van der Waals surface area contributed by atoms with E-state index < -0.39 is 0 Å². The molecule has 0 aliphatic heterocycles. The summed E-state index contributed by atoms with van der Waals surface area (Å²) in [7, 11) is 0. The summed E-state index contributed by atoms with van der Waals surface area (Å²) in [6, 6.07) is 0. The topological polar surface area (TPSA) is 26.3 Å². The summed E-state index contributed by atoms with van der Waals surface area (Å²) in [5, 5.41) is 0. The summed E-state index contributed by atoms with van der Waals surface area (Å²) in [5.74, 6) is -0.331. The van der Waals surface area contributed by atoms with Gasteiger partial charge in [-0.25, -0.2) is 4.79 Å². The molecule has 0 atom stereocenters. The minimum absolute atomic E-state index is 0.330. The molecule has 0 unspecified atom stereocenters. The molecule has 1 rings (SSSR count).